The lowest BCUT2D eigenvalue weighted by Crippen LogP contribution is -2.45. The summed E-state index contributed by atoms with van der Waals surface area (Å²) in [5.41, 5.74) is 0.312. The topological polar surface area (TPSA) is 64.4 Å². The summed E-state index contributed by atoms with van der Waals surface area (Å²) in [6.07, 6.45) is 4.12. The maximum Gasteiger partial charge on any atom is 0.244 e. The van der Waals surface area contributed by atoms with E-state index in [1.165, 1.54) is 30.7 Å². The molecular formula is C22H24Cl3N3O2S2. The van der Waals surface area contributed by atoms with Crippen LogP contribution in [-0.2, 0) is 10.0 Å². The third kappa shape index (κ3) is 5.56. The summed E-state index contributed by atoms with van der Waals surface area (Å²) in [7, 11) is -3.75. The maximum absolute atomic E-state index is 13.6. The van der Waals surface area contributed by atoms with E-state index in [9.17, 15) is 13.7 Å². The summed E-state index contributed by atoms with van der Waals surface area (Å²) in [5, 5.41) is 10.4. The van der Waals surface area contributed by atoms with Gasteiger partial charge in [-0.25, -0.2) is 8.42 Å². The molecule has 0 saturated carbocycles. The van der Waals surface area contributed by atoms with E-state index in [0.717, 1.165) is 25.9 Å². The van der Waals surface area contributed by atoms with E-state index < -0.39 is 10.0 Å². The lowest BCUT2D eigenvalue weighted by molar-refractivity contribution is 0.167. The number of likely N-dealkylation sites (tertiary alicyclic amines) is 1. The largest absolute Gasteiger partial charge is 0.300 e. The number of rotatable bonds is 5. The van der Waals surface area contributed by atoms with Gasteiger partial charge in [-0.3, -0.25) is 0 Å². The second kappa shape index (κ2) is 11.0. The van der Waals surface area contributed by atoms with Gasteiger partial charge in [-0.15, -0.1) is 12.4 Å². The lowest BCUT2D eigenvalue weighted by Gasteiger charge is -2.36. The molecule has 2 aliphatic heterocycles. The fraction of sp³-hybridized carbons (Fsp3) is 0.409. The van der Waals surface area contributed by atoms with Gasteiger partial charge in [0.25, 0.3) is 0 Å². The molecule has 2 aromatic carbocycles. The van der Waals surface area contributed by atoms with Crippen LogP contribution in [0.25, 0.3) is 0 Å². The fourth-order valence-electron chi connectivity index (χ4n) is 4.23. The lowest BCUT2D eigenvalue weighted by atomic mass is 10.1. The molecule has 0 unspecified atom stereocenters. The highest BCUT2D eigenvalue weighted by molar-refractivity contribution is 8.00. The molecule has 2 saturated heterocycles. The summed E-state index contributed by atoms with van der Waals surface area (Å²) in [4.78, 5) is 3.84. The number of halogens is 3. The normalized spacial score (nSPS) is 18.3. The molecule has 10 heteroatoms. The number of benzene rings is 2. The molecule has 2 aromatic rings. The predicted molar refractivity (Wildman–Crippen MR) is 132 cm³/mol. The molecule has 5 nitrogen and oxygen atoms in total. The third-order valence-corrected chi connectivity index (χ3v) is 9.76. The van der Waals surface area contributed by atoms with Crippen LogP contribution in [0.2, 0.25) is 10.0 Å². The molecule has 0 spiro atoms. The molecule has 2 fully saturated rings. The number of piperidine rings is 1. The molecule has 0 aliphatic carbocycles. The van der Waals surface area contributed by atoms with Gasteiger partial charge in [0.2, 0.25) is 10.0 Å². The number of nitriles is 1. The second-order valence-electron chi connectivity index (χ2n) is 7.83. The maximum atomic E-state index is 13.6. The molecule has 2 aliphatic rings. The summed E-state index contributed by atoms with van der Waals surface area (Å²) >= 11 is 13.7. The quantitative estimate of drug-likeness (QED) is 0.495. The molecule has 0 radical (unpaired) electrons. The number of sulfonamides is 1. The zero-order chi connectivity index (χ0) is 22.0. The number of hydrogen-bond acceptors (Lipinski definition) is 5. The molecule has 0 N–H and O–H groups in total. The highest BCUT2D eigenvalue weighted by Gasteiger charge is 2.34. The van der Waals surface area contributed by atoms with Crippen LogP contribution in [0.3, 0.4) is 0 Å². The van der Waals surface area contributed by atoms with Crippen LogP contribution in [0.5, 0.6) is 0 Å². The van der Waals surface area contributed by atoms with Crippen LogP contribution in [0.4, 0.5) is 0 Å². The van der Waals surface area contributed by atoms with Gasteiger partial charge >= 0.3 is 0 Å². The van der Waals surface area contributed by atoms with E-state index in [4.69, 9.17) is 23.2 Å². The standard InChI is InChI=1S/C22H23Cl2N3O2S2.ClH/c23-17-4-5-19(24)21(14-17)30-20-6-3-16(15-25)13-22(20)31(28,29)27-11-7-18(8-12-27)26-9-1-2-10-26;/h3-6,13-14,18H,1-2,7-12H2;1H. The molecule has 0 atom stereocenters. The van der Waals surface area contributed by atoms with Gasteiger partial charge in [-0.05, 0) is 75.2 Å². The monoisotopic (exact) mass is 531 g/mol. The molecule has 0 bridgehead atoms. The van der Waals surface area contributed by atoms with E-state index in [1.54, 1.807) is 34.6 Å². The van der Waals surface area contributed by atoms with Crippen molar-refractivity contribution in [2.45, 2.75) is 46.4 Å². The first kappa shape index (κ1) is 25.6. The van der Waals surface area contributed by atoms with Gasteiger partial charge in [0.1, 0.15) is 0 Å². The van der Waals surface area contributed by atoms with Crippen molar-refractivity contribution in [2.24, 2.45) is 0 Å². The summed E-state index contributed by atoms with van der Waals surface area (Å²) in [6.45, 7) is 3.20. The minimum atomic E-state index is -3.75. The fourth-order valence-corrected chi connectivity index (χ4v) is 7.59. The van der Waals surface area contributed by atoms with Crippen molar-refractivity contribution >= 4 is 57.4 Å². The van der Waals surface area contributed by atoms with Crippen molar-refractivity contribution in [1.29, 1.82) is 5.26 Å². The zero-order valence-electron chi connectivity index (χ0n) is 17.3. The Labute approximate surface area is 210 Å². The smallest absolute Gasteiger partial charge is 0.244 e. The van der Waals surface area contributed by atoms with E-state index in [2.05, 4.69) is 11.0 Å². The van der Waals surface area contributed by atoms with Gasteiger partial charge in [0, 0.05) is 33.9 Å². The molecule has 0 amide bonds. The molecule has 4 rings (SSSR count). The number of nitrogens with zero attached hydrogens (tertiary/aromatic N) is 3. The molecule has 2 heterocycles. The first-order valence-electron chi connectivity index (χ1n) is 10.3. The summed E-state index contributed by atoms with van der Waals surface area (Å²) in [6, 6.07) is 12.4. The molecule has 172 valence electrons. The van der Waals surface area contributed by atoms with Crippen LogP contribution in [0.15, 0.2) is 51.1 Å². The van der Waals surface area contributed by atoms with Crippen molar-refractivity contribution in [3.63, 3.8) is 0 Å². The van der Waals surface area contributed by atoms with Gasteiger partial charge in [-0.2, -0.15) is 9.57 Å². The molecule has 0 aromatic heterocycles. The van der Waals surface area contributed by atoms with Crippen LogP contribution < -0.4 is 0 Å². The Morgan fingerprint density at radius 1 is 0.969 bits per heavy atom. The second-order valence-corrected chi connectivity index (χ2v) is 11.7. The average molecular weight is 533 g/mol. The Bertz CT molecular complexity index is 1110. The van der Waals surface area contributed by atoms with E-state index >= 15 is 0 Å². The van der Waals surface area contributed by atoms with E-state index in [1.807, 2.05) is 0 Å². The Morgan fingerprint density at radius 2 is 1.66 bits per heavy atom. The van der Waals surface area contributed by atoms with E-state index in [0.29, 0.717) is 44.5 Å². The van der Waals surface area contributed by atoms with Crippen molar-refractivity contribution in [2.75, 3.05) is 26.2 Å². The summed E-state index contributed by atoms with van der Waals surface area (Å²) < 4.78 is 28.7. The van der Waals surface area contributed by atoms with Crippen LogP contribution in [-0.4, -0.2) is 49.8 Å². The first-order chi connectivity index (χ1) is 14.9. The van der Waals surface area contributed by atoms with Crippen LogP contribution in [0, 0.1) is 11.3 Å². The summed E-state index contributed by atoms with van der Waals surface area (Å²) in [5.74, 6) is 0. The molecule has 32 heavy (non-hydrogen) atoms. The van der Waals surface area contributed by atoms with Gasteiger partial charge in [0.05, 0.1) is 21.6 Å². The Hall–Kier alpha value is -0.980. The van der Waals surface area contributed by atoms with Gasteiger partial charge < -0.3 is 4.90 Å². The highest BCUT2D eigenvalue weighted by Crippen LogP contribution is 2.39. The first-order valence-corrected chi connectivity index (χ1v) is 13.3. The van der Waals surface area contributed by atoms with Crippen molar-refractivity contribution in [3.8, 4) is 6.07 Å². The van der Waals surface area contributed by atoms with Gasteiger partial charge in [-0.1, -0.05) is 35.0 Å². The SMILES string of the molecule is Cl.N#Cc1ccc(Sc2cc(Cl)ccc2Cl)c(S(=O)(=O)N2CCC(N3CCCC3)CC2)c1. The molecular weight excluding hydrogens is 509 g/mol. The number of hydrogen-bond donors (Lipinski definition) is 0. The van der Waals surface area contributed by atoms with Crippen molar-refractivity contribution < 1.29 is 8.42 Å². The minimum Gasteiger partial charge on any atom is -0.300 e. The minimum absolute atomic E-state index is 0. The Kier molecular flexibility index (Phi) is 8.78. The van der Waals surface area contributed by atoms with Crippen molar-refractivity contribution in [1.82, 2.24) is 9.21 Å². The predicted octanol–water partition coefficient (Wildman–Crippen LogP) is 5.69. The highest BCUT2D eigenvalue weighted by atomic mass is 35.5. The van der Waals surface area contributed by atoms with Gasteiger partial charge in [0.15, 0.2) is 0 Å². The zero-order valence-corrected chi connectivity index (χ0v) is 21.3. The Balaban J connectivity index is 0.00000289. The van der Waals surface area contributed by atoms with E-state index in [-0.39, 0.29) is 17.3 Å². The average Bonchev–Trinajstić information content (AvgIpc) is 3.31. The van der Waals surface area contributed by atoms with Crippen LogP contribution >= 0.6 is 47.4 Å². The van der Waals surface area contributed by atoms with Crippen molar-refractivity contribution in [3.05, 3.63) is 52.0 Å². The van der Waals surface area contributed by atoms with Crippen LogP contribution in [0.1, 0.15) is 31.2 Å². The third-order valence-electron chi connectivity index (χ3n) is 5.88. The Morgan fingerprint density at radius 3 is 2.31 bits per heavy atom.